The maximum Gasteiger partial charge on any atom is 0.227 e. The van der Waals surface area contributed by atoms with Gasteiger partial charge in [-0.2, -0.15) is 0 Å². The van der Waals surface area contributed by atoms with Crippen molar-refractivity contribution >= 4 is 40.6 Å². The van der Waals surface area contributed by atoms with Crippen LogP contribution in [0.5, 0.6) is 11.5 Å². The molecule has 1 unspecified atom stereocenters. The highest BCUT2D eigenvalue weighted by atomic mass is 32.2. The number of aromatic nitrogens is 1. The number of carbonyl (C=O) groups is 2. The zero-order valence-electron chi connectivity index (χ0n) is 24.8. The van der Waals surface area contributed by atoms with E-state index in [0.717, 1.165) is 51.4 Å². The summed E-state index contributed by atoms with van der Waals surface area (Å²) in [6.07, 6.45) is 14.7. The number of unbranched alkanes of at least 4 members (excludes halogenated alkanes) is 9. The molecule has 0 aliphatic carbocycles. The molecule has 1 heterocycles. The third kappa shape index (κ3) is 13.9. The van der Waals surface area contributed by atoms with E-state index < -0.39 is 0 Å². The lowest BCUT2D eigenvalue weighted by Gasteiger charge is -2.18. The quantitative estimate of drug-likeness (QED) is 0.0535. The zero-order chi connectivity index (χ0) is 29.9. The fraction of sp³-hybridized carbons (Fsp3) is 0.645. The smallest absolute Gasteiger partial charge is 0.227 e. The van der Waals surface area contributed by atoms with Gasteiger partial charge in [-0.15, -0.1) is 11.3 Å². The van der Waals surface area contributed by atoms with Crippen LogP contribution in [0.25, 0.3) is 0 Å². The molecule has 0 radical (unpaired) electrons. The van der Waals surface area contributed by atoms with Crippen LogP contribution in [0.3, 0.4) is 0 Å². The van der Waals surface area contributed by atoms with Gasteiger partial charge in [-0.1, -0.05) is 89.8 Å². The molecule has 0 bridgehead atoms. The van der Waals surface area contributed by atoms with E-state index in [1.165, 1.54) is 67.3 Å². The Morgan fingerprint density at radius 2 is 1.56 bits per heavy atom. The predicted octanol–water partition coefficient (Wildman–Crippen LogP) is 7.41. The van der Waals surface area contributed by atoms with Gasteiger partial charge in [0.1, 0.15) is 11.5 Å². The van der Waals surface area contributed by atoms with Crippen LogP contribution in [0.4, 0.5) is 5.69 Å². The Bertz CT molecular complexity index is 1050. The molecule has 0 saturated heterocycles. The minimum absolute atomic E-state index is 0.0584. The molecule has 8 nitrogen and oxygen atoms in total. The summed E-state index contributed by atoms with van der Waals surface area (Å²) < 4.78 is 0.630. The van der Waals surface area contributed by atoms with Crippen molar-refractivity contribution in [2.75, 3.05) is 18.5 Å². The third-order valence-corrected chi connectivity index (χ3v) is 9.03. The number of benzene rings is 1. The van der Waals surface area contributed by atoms with E-state index in [1.54, 1.807) is 5.38 Å². The standard InChI is InChI=1S/C31H49N3O5S2/c1-3-5-7-9-10-12-16-23(15-11-8-6-4-2)30(39)34-25-20-27(37)28(21-26(25)36)41-31-33-24(22-40-31)19-29(38)32-17-13-14-18-35/h20-23,35-37H,3-19H2,1-2H3,(H,32,38)(H,34,39). The molecule has 10 heteroatoms. The van der Waals surface area contributed by atoms with Crippen LogP contribution in [-0.2, 0) is 16.0 Å². The number of phenolic OH excluding ortho intramolecular Hbond substituents is 2. The molecular formula is C31H49N3O5S2. The fourth-order valence-electron chi connectivity index (χ4n) is 4.57. The molecule has 1 aromatic carbocycles. The number of nitrogens with zero attached hydrogens (tertiary/aromatic N) is 1. The van der Waals surface area contributed by atoms with Crippen LogP contribution < -0.4 is 10.6 Å². The topological polar surface area (TPSA) is 132 Å². The molecule has 230 valence electrons. The molecule has 41 heavy (non-hydrogen) atoms. The minimum Gasteiger partial charge on any atom is -0.507 e. The van der Waals surface area contributed by atoms with E-state index in [4.69, 9.17) is 5.11 Å². The van der Waals surface area contributed by atoms with Crippen molar-refractivity contribution in [1.82, 2.24) is 10.3 Å². The summed E-state index contributed by atoms with van der Waals surface area (Å²) in [5.74, 6) is -0.525. The Balaban J connectivity index is 1.96. The summed E-state index contributed by atoms with van der Waals surface area (Å²) in [4.78, 5) is 30.2. The summed E-state index contributed by atoms with van der Waals surface area (Å²) in [7, 11) is 0. The van der Waals surface area contributed by atoms with Gasteiger partial charge >= 0.3 is 0 Å². The summed E-state index contributed by atoms with van der Waals surface area (Å²) in [5.41, 5.74) is 0.830. The van der Waals surface area contributed by atoms with Crippen molar-refractivity contribution in [3.05, 3.63) is 23.2 Å². The van der Waals surface area contributed by atoms with Gasteiger partial charge in [0.05, 0.1) is 22.7 Å². The normalized spacial score (nSPS) is 11.9. The number of carbonyl (C=O) groups excluding carboxylic acids is 2. The van der Waals surface area contributed by atoms with E-state index >= 15 is 0 Å². The van der Waals surface area contributed by atoms with Crippen LogP contribution in [0.1, 0.15) is 109 Å². The highest BCUT2D eigenvalue weighted by Crippen LogP contribution is 2.41. The van der Waals surface area contributed by atoms with Crippen LogP contribution in [0.15, 0.2) is 26.7 Å². The summed E-state index contributed by atoms with van der Waals surface area (Å²) in [6.45, 7) is 5.00. The van der Waals surface area contributed by atoms with Crippen LogP contribution >= 0.6 is 23.1 Å². The zero-order valence-corrected chi connectivity index (χ0v) is 26.4. The summed E-state index contributed by atoms with van der Waals surface area (Å²) in [6, 6.07) is 2.83. The molecule has 0 aliphatic rings. The maximum absolute atomic E-state index is 13.2. The lowest BCUT2D eigenvalue weighted by molar-refractivity contribution is -0.121. The van der Waals surface area contributed by atoms with Crippen molar-refractivity contribution in [2.24, 2.45) is 5.92 Å². The largest absolute Gasteiger partial charge is 0.507 e. The molecule has 1 atom stereocenters. The number of hydrogen-bond donors (Lipinski definition) is 5. The number of rotatable bonds is 22. The van der Waals surface area contributed by atoms with Crippen molar-refractivity contribution in [2.45, 2.75) is 119 Å². The second-order valence-electron chi connectivity index (χ2n) is 10.6. The lowest BCUT2D eigenvalue weighted by atomic mass is 9.93. The monoisotopic (exact) mass is 607 g/mol. The van der Waals surface area contributed by atoms with Crippen molar-refractivity contribution < 1.29 is 24.9 Å². The van der Waals surface area contributed by atoms with Gasteiger partial charge < -0.3 is 26.0 Å². The maximum atomic E-state index is 13.2. The van der Waals surface area contributed by atoms with Gasteiger partial charge in [0, 0.05) is 30.5 Å². The summed E-state index contributed by atoms with van der Waals surface area (Å²) in [5, 5.41) is 37.7. The van der Waals surface area contributed by atoms with E-state index in [9.17, 15) is 19.8 Å². The average Bonchev–Trinajstić information content (AvgIpc) is 3.38. The van der Waals surface area contributed by atoms with E-state index in [0.29, 0.717) is 27.9 Å². The summed E-state index contributed by atoms with van der Waals surface area (Å²) >= 11 is 2.55. The van der Waals surface area contributed by atoms with Gasteiger partial charge in [0.25, 0.3) is 0 Å². The van der Waals surface area contributed by atoms with E-state index in [-0.39, 0.29) is 47.9 Å². The fourth-order valence-corrected chi connectivity index (χ4v) is 6.41. The molecule has 5 N–H and O–H groups in total. The highest BCUT2D eigenvalue weighted by Gasteiger charge is 2.21. The molecule has 1 aromatic heterocycles. The number of thiazole rings is 1. The third-order valence-electron chi connectivity index (χ3n) is 6.99. The van der Waals surface area contributed by atoms with Crippen molar-refractivity contribution in [1.29, 1.82) is 0 Å². The van der Waals surface area contributed by atoms with Gasteiger partial charge in [-0.3, -0.25) is 9.59 Å². The first-order chi connectivity index (χ1) is 19.9. The number of nitrogens with one attached hydrogen (secondary N) is 2. The van der Waals surface area contributed by atoms with E-state index in [2.05, 4.69) is 29.5 Å². The molecule has 2 aromatic rings. The molecule has 0 fully saturated rings. The number of aromatic hydroxyl groups is 2. The molecule has 2 rings (SSSR count). The predicted molar refractivity (Wildman–Crippen MR) is 168 cm³/mol. The highest BCUT2D eigenvalue weighted by molar-refractivity contribution is 8.01. The van der Waals surface area contributed by atoms with Crippen LogP contribution in [0.2, 0.25) is 0 Å². The molecule has 0 spiro atoms. The molecule has 0 aliphatic heterocycles. The van der Waals surface area contributed by atoms with Gasteiger partial charge in [0.15, 0.2) is 4.34 Å². The Kier molecular flexibility index (Phi) is 17.5. The first-order valence-corrected chi connectivity index (χ1v) is 16.9. The van der Waals surface area contributed by atoms with Gasteiger partial charge in [-0.25, -0.2) is 4.98 Å². The van der Waals surface area contributed by atoms with E-state index in [1.807, 2.05) is 0 Å². The van der Waals surface area contributed by atoms with Gasteiger partial charge in [-0.05, 0) is 31.7 Å². The number of phenols is 2. The van der Waals surface area contributed by atoms with Gasteiger partial charge in [0.2, 0.25) is 11.8 Å². The van der Waals surface area contributed by atoms with Crippen molar-refractivity contribution in [3.63, 3.8) is 0 Å². The Morgan fingerprint density at radius 3 is 2.24 bits per heavy atom. The van der Waals surface area contributed by atoms with Crippen LogP contribution in [-0.4, -0.2) is 45.3 Å². The lowest BCUT2D eigenvalue weighted by Crippen LogP contribution is -2.26. The molecular weight excluding hydrogens is 558 g/mol. The van der Waals surface area contributed by atoms with Crippen molar-refractivity contribution in [3.8, 4) is 11.5 Å². The number of amides is 2. The average molecular weight is 608 g/mol. The first-order valence-electron chi connectivity index (χ1n) is 15.2. The number of aliphatic hydroxyl groups excluding tert-OH is 1. The second-order valence-corrected chi connectivity index (χ2v) is 12.7. The minimum atomic E-state index is -0.134. The Morgan fingerprint density at radius 1 is 0.902 bits per heavy atom. The van der Waals surface area contributed by atoms with Crippen LogP contribution in [0, 0.1) is 5.92 Å². The first kappa shape index (κ1) is 34.9. The number of aliphatic hydroxyl groups is 1. The second kappa shape index (κ2) is 20.6. The SMILES string of the molecule is CCCCCCCCC(CCCCCC)C(=O)Nc1cc(O)c(Sc2nc(CC(=O)NCCCCO)cs2)cc1O. The Hall–Kier alpha value is -2.30. The molecule has 2 amide bonds. The molecule has 0 saturated carbocycles. The number of hydrogen-bond acceptors (Lipinski definition) is 8. The Labute approximate surface area is 253 Å². The number of anilines is 1.